The number of fused-ring (bicyclic) bond motifs is 1. The third-order valence-electron chi connectivity index (χ3n) is 3.95. The summed E-state index contributed by atoms with van der Waals surface area (Å²) in [6.45, 7) is 6.12. The van der Waals surface area contributed by atoms with Crippen LogP contribution in [0.3, 0.4) is 0 Å². The number of allylic oxidation sites excluding steroid dienone is 2. The Hall–Kier alpha value is -2.70. The van der Waals surface area contributed by atoms with Gasteiger partial charge in [0.15, 0.2) is 0 Å². The van der Waals surface area contributed by atoms with Gasteiger partial charge >= 0.3 is 19.2 Å². The van der Waals surface area contributed by atoms with E-state index in [1.807, 2.05) is 0 Å². The standard InChI is InChI=1S/C21H25O8P/c1-15(13-22)6-5-11-30(25,27-14-26-20(24)21(2,3)4)29-17-9-7-16-8-10-19(23)28-18(16)12-17/h6-10,12-13H,5,11,14H2,1-4H3/b15-6+. The summed E-state index contributed by atoms with van der Waals surface area (Å²) < 4.78 is 34.3. The van der Waals surface area contributed by atoms with Gasteiger partial charge in [-0.1, -0.05) is 6.08 Å². The lowest BCUT2D eigenvalue weighted by Gasteiger charge is -2.21. The van der Waals surface area contributed by atoms with Gasteiger partial charge in [-0.2, -0.15) is 0 Å². The first-order valence-corrected chi connectivity index (χ1v) is 11.0. The monoisotopic (exact) mass is 436 g/mol. The molecular weight excluding hydrogens is 411 g/mol. The van der Waals surface area contributed by atoms with Gasteiger partial charge in [0.25, 0.3) is 0 Å². The van der Waals surface area contributed by atoms with Crippen molar-refractivity contribution in [3.8, 4) is 5.75 Å². The van der Waals surface area contributed by atoms with Crippen LogP contribution in [0.2, 0.25) is 0 Å². The quantitative estimate of drug-likeness (QED) is 0.142. The summed E-state index contributed by atoms with van der Waals surface area (Å²) in [5, 5.41) is 0.668. The van der Waals surface area contributed by atoms with Crippen molar-refractivity contribution in [2.75, 3.05) is 13.0 Å². The maximum absolute atomic E-state index is 13.2. The van der Waals surface area contributed by atoms with Crippen LogP contribution in [0, 0.1) is 5.41 Å². The Kier molecular flexibility index (Phi) is 7.76. The molecule has 0 saturated heterocycles. The Bertz CT molecular complexity index is 1040. The number of hydrogen-bond acceptors (Lipinski definition) is 8. The van der Waals surface area contributed by atoms with Gasteiger partial charge in [-0.15, -0.1) is 0 Å². The molecule has 162 valence electrons. The molecule has 0 aliphatic rings. The molecule has 1 aromatic carbocycles. The lowest BCUT2D eigenvalue weighted by Crippen LogP contribution is -2.24. The van der Waals surface area contributed by atoms with Crippen LogP contribution in [0.4, 0.5) is 0 Å². The molecule has 0 fully saturated rings. The van der Waals surface area contributed by atoms with Crippen LogP contribution in [0.1, 0.15) is 34.1 Å². The molecule has 2 rings (SSSR count). The number of benzene rings is 1. The molecule has 0 aliphatic carbocycles. The van der Waals surface area contributed by atoms with E-state index >= 15 is 0 Å². The SMILES string of the molecule is C/C(C=O)=C\CCP(=O)(OCOC(=O)C(C)(C)C)Oc1ccc2ccc(=O)oc2c1. The van der Waals surface area contributed by atoms with Crippen molar-refractivity contribution in [1.82, 2.24) is 0 Å². The van der Waals surface area contributed by atoms with Gasteiger partial charge in [0, 0.05) is 17.5 Å². The third kappa shape index (κ3) is 6.97. The van der Waals surface area contributed by atoms with Gasteiger partial charge in [-0.05, 0) is 57.9 Å². The van der Waals surface area contributed by atoms with Crippen LogP contribution < -0.4 is 10.1 Å². The fraction of sp³-hybridized carbons (Fsp3) is 0.381. The highest BCUT2D eigenvalue weighted by Crippen LogP contribution is 2.49. The van der Waals surface area contributed by atoms with E-state index in [1.54, 1.807) is 52.0 Å². The molecule has 1 aromatic heterocycles. The average molecular weight is 436 g/mol. The van der Waals surface area contributed by atoms with Crippen molar-refractivity contribution < 1.29 is 32.4 Å². The summed E-state index contributed by atoms with van der Waals surface area (Å²) in [4.78, 5) is 34.1. The van der Waals surface area contributed by atoms with E-state index in [4.69, 9.17) is 18.2 Å². The number of carbonyl (C=O) groups excluding carboxylic acids is 2. The zero-order chi connectivity index (χ0) is 22.4. The number of hydrogen-bond donors (Lipinski definition) is 0. The minimum Gasteiger partial charge on any atom is -0.438 e. The molecule has 1 heterocycles. The van der Waals surface area contributed by atoms with Crippen molar-refractivity contribution in [3.05, 3.63) is 52.4 Å². The highest BCUT2D eigenvalue weighted by Gasteiger charge is 2.29. The predicted molar refractivity (Wildman–Crippen MR) is 112 cm³/mol. The number of aldehydes is 1. The molecule has 2 aromatic rings. The highest BCUT2D eigenvalue weighted by atomic mass is 31.2. The average Bonchev–Trinajstić information content (AvgIpc) is 2.66. The number of ether oxygens (including phenoxy) is 1. The Morgan fingerprint density at radius 3 is 2.57 bits per heavy atom. The zero-order valence-corrected chi connectivity index (χ0v) is 18.3. The maximum atomic E-state index is 13.2. The predicted octanol–water partition coefficient (Wildman–Crippen LogP) is 4.46. The van der Waals surface area contributed by atoms with Crippen molar-refractivity contribution in [2.24, 2.45) is 5.41 Å². The summed E-state index contributed by atoms with van der Waals surface area (Å²) in [5.41, 5.74) is -0.522. The summed E-state index contributed by atoms with van der Waals surface area (Å²) in [6.07, 6.45) is 2.48. The molecule has 0 radical (unpaired) electrons. The fourth-order valence-corrected chi connectivity index (χ4v) is 3.64. The van der Waals surface area contributed by atoms with E-state index in [0.717, 1.165) is 0 Å². The Morgan fingerprint density at radius 2 is 1.90 bits per heavy atom. The van der Waals surface area contributed by atoms with Crippen molar-refractivity contribution in [3.63, 3.8) is 0 Å². The zero-order valence-electron chi connectivity index (χ0n) is 17.4. The number of rotatable bonds is 9. The molecule has 0 aliphatic heterocycles. The van der Waals surface area contributed by atoms with Crippen LogP contribution in [-0.2, 0) is 23.4 Å². The first-order valence-electron chi connectivity index (χ1n) is 9.29. The van der Waals surface area contributed by atoms with E-state index in [9.17, 15) is 18.9 Å². The smallest absolute Gasteiger partial charge is 0.382 e. The van der Waals surface area contributed by atoms with E-state index < -0.39 is 31.4 Å². The van der Waals surface area contributed by atoms with Crippen LogP contribution in [0.5, 0.6) is 5.75 Å². The van der Waals surface area contributed by atoms with Gasteiger partial charge < -0.3 is 13.7 Å². The summed E-state index contributed by atoms with van der Waals surface area (Å²) in [7, 11) is -3.76. The van der Waals surface area contributed by atoms with Gasteiger partial charge in [0.1, 0.15) is 17.6 Å². The second-order valence-corrected chi connectivity index (χ2v) is 9.77. The van der Waals surface area contributed by atoms with Crippen LogP contribution in [-0.4, -0.2) is 25.2 Å². The van der Waals surface area contributed by atoms with Gasteiger partial charge in [-0.3, -0.25) is 14.1 Å². The van der Waals surface area contributed by atoms with Crippen molar-refractivity contribution in [2.45, 2.75) is 34.1 Å². The molecule has 8 nitrogen and oxygen atoms in total. The van der Waals surface area contributed by atoms with Crippen molar-refractivity contribution in [1.29, 1.82) is 0 Å². The Balaban J connectivity index is 2.19. The normalized spacial score (nSPS) is 14.2. The Morgan fingerprint density at radius 1 is 1.20 bits per heavy atom. The third-order valence-corrected chi connectivity index (χ3v) is 5.74. The molecular formula is C21H25O8P. The van der Waals surface area contributed by atoms with Gasteiger partial charge in [0.05, 0.1) is 11.6 Å². The lowest BCUT2D eigenvalue weighted by atomic mass is 9.98. The summed E-state index contributed by atoms with van der Waals surface area (Å²) in [6, 6.07) is 7.53. The molecule has 0 spiro atoms. The minimum absolute atomic E-state index is 0.0535. The van der Waals surface area contributed by atoms with Crippen molar-refractivity contribution >= 4 is 30.8 Å². The topological polar surface area (TPSA) is 109 Å². The first kappa shape index (κ1) is 23.6. The van der Waals surface area contributed by atoms with E-state index in [0.29, 0.717) is 17.2 Å². The minimum atomic E-state index is -3.76. The highest BCUT2D eigenvalue weighted by molar-refractivity contribution is 7.54. The maximum Gasteiger partial charge on any atom is 0.382 e. The molecule has 0 amide bonds. The van der Waals surface area contributed by atoms with Crippen LogP contribution in [0.25, 0.3) is 11.0 Å². The molecule has 1 atom stereocenters. The molecule has 30 heavy (non-hydrogen) atoms. The largest absolute Gasteiger partial charge is 0.438 e. The van der Waals surface area contributed by atoms with Crippen LogP contribution >= 0.6 is 7.60 Å². The summed E-state index contributed by atoms with van der Waals surface area (Å²) >= 11 is 0. The molecule has 1 unspecified atom stereocenters. The van der Waals surface area contributed by atoms with Gasteiger partial charge in [0.2, 0.25) is 6.79 Å². The van der Waals surface area contributed by atoms with E-state index in [2.05, 4.69) is 0 Å². The first-order chi connectivity index (χ1) is 14.0. The molecule has 9 heteroatoms. The molecule has 0 saturated carbocycles. The number of carbonyl (C=O) groups is 2. The summed E-state index contributed by atoms with van der Waals surface area (Å²) in [5.74, 6) is -0.350. The van der Waals surface area contributed by atoms with Crippen LogP contribution in [0.15, 0.2) is 51.2 Å². The Labute approximate surface area is 174 Å². The second kappa shape index (κ2) is 9.87. The van der Waals surface area contributed by atoms with Gasteiger partial charge in [-0.25, -0.2) is 9.36 Å². The number of esters is 1. The van der Waals surface area contributed by atoms with E-state index in [1.165, 1.54) is 12.1 Å². The molecule has 0 N–H and O–H groups in total. The second-order valence-electron chi connectivity index (χ2n) is 7.66. The van der Waals surface area contributed by atoms with E-state index in [-0.39, 0.29) is 23.9 Å². The lowest BCUT2D eigenvalue weighted by molar-refractivity contribution is -0.159. The molecule has 0 bridgehead atoms. The fourth-order valence-electron chi connectivity index (χ4n) is 2.27.